The molecule has 2 aromatic carbocycles. The summed E-state index contributed by atoms with van der Waals surface area (Å²) in [7, 11) is 2.02. The second kappa shape index (κ2) is 10.8. The van der Waals surface area contributed by atoms with Gasteiger partial charge >= 0.3 is 6.18 Å². The Morgan fingerprint density at radius 2 is 1.78 bits per heavy atom. The van der Waals surface area contributed by atoms with E-state index in [1.807, 2.05) is 37.9 Å². The Kier molecular flexibility index (Phi) is 7.80. The number of oxazole rings is 1. The summed E-state index contributed by atoms with van der Waals surface area (Å²) < 4.78 is 45.4. The average molecular weight is 501 g/mol. The van der Waals surface area contributed by atoms with Crippen LogP contribution in [-0.2, 0) is 25.8 Å². The lowest BCUT2D eigenvalue weighted by Crippen LogP contribution is -2.47. The molecule has 1 aliphatic heterocycles. The normalized spacial score (nSPS) is 15.0. The first-order chi connectivity index (χ1) is 17.1. The highest BCUT2D eigenvalue weighted by atomic mass is 19.4. The smallest absolute Gasteiger partial charge is 0.416 e. The Bertz CT molecular complexity index is 1200. The number of hydrogen-bond donors (Lipinski definition) is 0. The van der Waals surface area contributed by atoms with Gasteiger partial charge in [0.25, 0.3) is 5.91 Å². The largest absolute Gasteiger partial charge is 0.447 e. The number of hydrogen-bond acceptors (Lipinski definition) is 5. The number of alkyl halides is 3. The third-order valence-corrected chi connectivity index (χ3v) is 6.47. The molecule has 36 heavy (non-hydrogen) atoms. The van der Waals surface area contributed by atoms with Crippen LogP contribution in [0.15, 0.2) is 53.1 Å². The summed E-state index contributed by atoms with van der Waals surface area (Å²) in [6.07, 6.45) is -3.04. The number of carbonyl (C=O) groups excluding carboxylic acids is 1. The van der Waals surface area contributed by atoms with Crippen molar-refractivity contribution in [2.75, 3.05) is 33.2 Å². The zero-order valence-corrected chi connectivity index (χ0v) is 20.8. The van der Waals surface area contributed by atoms with Crippen LogP contribution in [0.3, 0.4) is 0 Å². The van der Waals surface area contributed by atoms with Crippen LogP contribution in [0.4, 0.5) is 13.2 Å². The molecule has 0 aliphatic carbocycles. The van der Waals surface area contributed by atoms with E-state index in [1.165, 1.54) is 18.4 Å². The predicted octanol–water partition coefficient (Wildman–Crippen LogP) is 4.90. The molecule has 6 nitrogen and oxygen atoms in total. The van der Waals surface area contributed by atoms with Crippen molar-refractivity contribution in [1.82, 2.24) is 19.7 Å². The van der Waals surface area contributed by atoms with E-state index in [9.17, 15) is 18.0 Å². The first-order valence-electron chi connectivity index (χ1n) is 12.0. The number of carbonyl (C=O) groups is 1. The first kappa shape index (κ1) is 25.9. The van der Waals surface area contributed by atoms with Crippen LogP contribution < -0.4 is 0 Å². The average Bonchev–Trinajstić information content (AvgIpc) is 3.29. The Hall–Kier alpha value is -3.17. The number of aromatic nitrogens is 1. The third-order valence-electron chi connectivity index (χ3n) is 6.47. The topological polar surface area (TPSA) is 52.8 Å². The maximum atomic E-state index is 13.3. The van der Waals surface area contributed by atoms with Gasteiger partial charge in [0.15, 0.2) is 5.69 Å². The Morgan fingerprint density at radius 3 is 2.47 bits per heavy atom. The van der Waals surface area contributed by atoms with Crippen LogP contribution in [0.1, 0.15) is 44.2 Å². The number of rotatable bonds is 7. The van der Waals surface area contributed by atoms with Crippen LogP contribution >= 0.6 is 0 Å². The van der Waals surface area contributed by atoms with E-state index in [-0.39, 0.29) is 24.7 Å². The molecule has 0 saturated carbocycles. The molecule has 1 amide bonds. The Morgan fingerprint density at radius 1 is 1.03 bits per heavy atom. The van der Waals surface area contributed by atoms with Gasteiger partial charge < -0.3 is 14.2 Å². The van der Waals surface area contributed by atoms with Crippen LogP contribution in [0.5, 0.6) is 0 Å². The quantitative estimate of drug-likeness (QED) is 0.462. The van der Waals surface area contributed by atoms with Gasteiger partial charge in [-0.3, -0.25) is 9.69 Å². The molecular formula is C27H31F3N4O2. The number of amides is 1. The van der Waals surface area contributed by atoms with E-state index < -0.39 is 11.7 Å². The van der Waals surface area contributed by atoms with E-state index in [0.29, 0.717) is 31.1 Å². The number of piperazine rings is 1. The first-order valence-corrected chi connectivity index (χ1v) is 12.0. The van der Waals surface area contributed by atoms with Crippen molar-refractivity contribution in [2.24, 2.45) is 0 Å². The van der Waals surface area contributed by atoms with Crippen molar-refractivity contribution in [2.45, 2.75) is 39.7 Å². The molecule has 3 aromatic rings. The van der Waals surface area contributed by atoms with Crippen LogP contribution in [0.25, 0.3) is 0 Å². The van der Waals surface area contributed by atoms with E-state index in [2.05, 4.69) is 16.0 Å². The zero-order chi connectivity index (χ0) is 25.9. The van der Waals surface area contributed by atoms with Crippen molar-refractivity contribution in [3.05, 3.63) is 88.1 Å². The van der Waals surface area contributed by atoms with E-state index in [1.54, 1.807) is 11.0 Å². The summed E-state index contributed by atoms with van der Waals surface area (Å²) in [5.74, 6) is 0.182. The third kappa shape index (κ3) is 6.53. The molecule has 0 spiro atoms. The standard InChI is InChI=1S/C27H31F3N4O2/c1-19-7-8-22(20(2)13-19)16-33(15-21-5-4-6-23(14-21)27(28,29)30)17-25-31-24(18-36-25)26(35)34-11-9-32(3)10-12-34/h4-8,13-14,18H,9-12,15-17H2,1-3H3. The molecule has 1 saturated heterocycles. The molecule has 1 fully saturated rings. The van der Waals surface area contributed by atoms with Gasteiger partial charge in [-0.1, -0.05) is 42.0 Å². The fraction of sp³-hybridized carbons (Fsp3) is 0.407. The van der Waals surface area contributed by atoms with E-state index in [4.69, 9.17) is 4.42 Å². The summed E-state index contributed by atoms with van der Waals surface area (Å²) in [5, 5.41) is 0. The maximum Gasteiger partial charge on any atom is 0.416 e. The molecule has 4 rings (SSSR count). The van der Waals surface area contributed by atoms with Crippen LogP contribution in [0, 0.1) is 13.8 Å². The van der Waals surface area contributed by atoms with Crippen molar-refractivity contribution in [3.8, 4) is 0 Å². The second-order valence-corrected chi connectivity index (χ2v) is 9.50. The van der Waals surface area contributed by atoms with Gasteiger partial charge in [-0.2, -0.15) is 13.2 Å². The summed E-state index contributed by atoms with van der Waals surface area (Å²) in [6.45, 7) is 7.91. The lowest BCUT2D eigenvalue weighted by Gasteiger charge is -2.31. The minimum atomic E-state index is -4.41. The predicted molar refractivity (Wildman–Crippen MR) is 130 cm³/mol. The van der Waals surface area contributed by atoms with Crippen molar-refractivity contribution >= 4 is 5.91 Å². The molecule has 0 unspecified atom stereocenters. The summed E-state index contributed by atoms with van der Waals surface area (Å²) >= 11 is 0. The number of benzene rings is 2. The maximum absolute atomic E-state index is 13.3. The highest BCUT2D eigenvalue weighted by molar-refractivity contribution is 5.92. The zero-order valence-electron chi connectivity index (χ0n) is 20.8. The molecule has 0 bridgehead atoms. The number of nitrogens with zero attached hydrogens (tertiary/aromatic N) is 4. The summed E-state index contributed by atoms with van der Waals surface area (Å²) in [5.41, 5.74) is 3.41. The highest BCUT2D eigenvalue weighted by Gasteiger charge is 2.30. The Labute approximate surface area is 209 Å². The van der Waals surface area contributed by atoms with Gasteiger partial charge in [0, 0.05) is 39.3 Å². The van der Waals surface area contributed by atoms with E-state index >= 15 is 0 Å². The van der Waals surface area contributed by atoms with Gasteiger partial charge in [0.1, 0.15) is 6.26 Å². The number of halogens is 3. The van der Waals surface area contributed by atoms with Gasteiger partial charge in [-0.05, 0) is 43.7 Å². The fourth-order valence-electron chi connectivity index (χ4n) is 4.38. The molecule has 1 aromatic heterocycles. The van der Waals surface area contributed by atoms with Crippen LogP contribution in [0.2, 0.25) is 0 Å². The lowest BCUT2D eigenvalue weighted by molar-refractivity contribution is -0.137. The van der Waals surface area contributed by atoms with Gasteiger partial charge in [0.2, 0.25) is 5.89 Å². The number of aryl methyl sites for hydroxylation is 2. The fourth-order valence-corrected chi connectivity index (χ4v) is 4.38. The minimum Gasteiger partial charge on any atom is -0.447 e. The molecule has 1 aliphatic rings. The lowest BCUT2D eigenvalue weighted by atomic mass is 10.0. The molecular weight excluding hydrogens is 469 g/mol. The summed E-state index contributed by atoms with van der Waals surface area (Å²) in [6, 6.07) is 11.5. The minimum absolute atomic E-state index is 0.170. The monoisotopic (exact) mass is 500 g/mol. The SMILES string of the molecule is Cc1ccc(CN(Cc2cccc(C(F)(F)F)c2)Cc2nc(C(=O)N3CCN(C)CC3)co2)c(C)c1. The molecule has 0 N–H and O–H groups in total. The van der Waals surface area contributed by atoms with Gasteiger partial charge in [0.05, 0.1) is 12.1 Å². The molecule has 0 atom stereocenters. The van der Waals surface area contributed by atoms with Gasteiger partial charge in [-0.15, -0.1) is 0 Å². The molecule has 9 heteroatoms. The highest BCUT2D eigenvalue weighted by Crippen LogP contribution is 2.30. The van der Waals surface area contributed by atoms with E-state index in [0.717, 1.165) is 35.8 Å². The van der Waals surface area contributed by atoms with Crippen molar-refractivity contribution in [1.29, 1.82) is 0 Å². The van der Waals surface area contributed by atoms with Crippen LogP contribution in [-0.4, -0.2) is 58.8 Å². The Balaban J connectivity index is 1.53. The van der Waals surface area contributed by atoms with Crippen molar-refractivity contribution < 1.29 is 22.4 Å². The molecule has 0 radical (unpaired) electrons. The van der Waals surface area contributed by atoms with Crippen molar-refractivity contribution in [3.63, 3.8) is 0 Å². The molecule has 2 heterocycles. The summed E-state index contributed by atoms with van der Waals surface area (Å²) in [4.78, 5) is 23.2. The second-order valence-electron chi connectivity index (χ2n) is 9.50. The van der Waals surface area contributed by atoms with Gasteiger partial charge in [-0.25, -0.2) is 4.98 Å². The molecule has 192 valence electrons. The number of likely N-dealkylation sites (N-methyl/N-ethyl adjacent to an activating group) is 1.